The van der Waals surface area contributed by atoms with Crippen LogP contribution in [0.25, 0.3) is 12.2 Å². The molecule has 0 aliphatic rings. The van der Waals surface area contributed by atoms with Crippen molar-refractivity contribution in [1.29, 1.82) is 0 Å². The van der Waals surface area contributed by atoms with Crippen molar-refractivity contribution < 1.29 is 28.5 Å². The molecule has 7 nitrogen and oxygen atoms in total. The van der Waals surface area contributed by atoms with Crippen LogP contribution in [-0.2, 0) is 14.3 Å². The summed E-state index contributed by atoms with van der Waals surface area (Å²) in [6.45, 7) is 0. The summed E-state index contributed by atoms with van der Waals surface area (Å²) in [6, 6.07) is 12.3. The highest BCUT2D eigenvalue weighted by molar-refractivity contribution is 6.14. The van der Waals surface area contributed by atoms with E-state index in [2.05, 4.69) is 0 Å². The van der Waals surface area contributed by atoms with Crippen LogP contribution in [0.4, 0.5) is 0 Å². The van der Waals surface area contributed by atoms with E-state index in [1.165, 1.54) is 40.6 Å². The van der Waals surface area contributed by atoms with Gasteiger partial charge in [-0.15, -0.1) is 0 Å². The number of carbonyl (C=O) groups is 2. The molecule has 0 atom stereocenters. The maximum atomic E-state index is 12.5. The van der Waals surface area contributed by atoms with Crippen LogP contribution in [0.1, 0.15) is 11.1 Å². The molecule has 0 heterocycles. The van der Waals surface area contributed by atoms with Gasteiger partial charge < -0.3 is 24.7 Å². The molecule has 1 amide bonds. The third-order valence-corrected chi connectivity index (χ3v) is 4.07. The molecule has 0 fully saturated rings. The second-order valence-corrected chi connectivity index (χ2v) is 5.84. The Kier molecular flexibility index (Phi) is 7.42. The molecular formula is C22H23NO6. The van der Waals surface area contributed by atoms with Gasteiger partial charge in [0, 0.05) is 0 Å². The standard InChI is InChI=1S/C22H23NO6/c1-26-18-12-15(13-19(27-2)20(18)28-3)11-17(22(25)29-4)16(21(23)24)10-14-8-6-5-7-9-14/h5-13H,1-4H3,(H2,23,24). The Balaban J connectivity index is 2.68. The van der Waals surface area contributed by atoms with Gasteiger partial charge in [0.1, 0.15) is 0 Å². The molecule has 7 heteroatoms. The summed E-state index contributed by atoms with van der Waals surface area (Å²) in [4.78, 5) is 24.6. The van der Waals surface area contributed by atoms with Crippen molar-refractivity contribution in [2.24, 2.45) is 5.73 Å². The van der Waals surface area contributed by atoms with Crippen LogP contribution in [0.5, 0.6) is 17.2 Å². The molecule has 2 rings (SSSR count). The summed E-state index contributed by atoms with van der Waals surface area (Å²) in [5, 5.41) is 0. The number of hydrogen-bond donors (Lipinski definition) is 1. The zero-order valence-corrected chi connectivity index (χ0v) is 16.7. The SMILES string of the molecule is COC(=O)C(=Cc1cc(OC)c(OC)c(OC)c1)C(=Cc1ccccc1)C(N)=O. The van der Waals surface area contributed by atoms with Crippen molar-refractivity contribution in [2.45, 2.75) is 0 Å². The monoisotopic (exact) mass is 397 g/mol. The topological polar surface area (TPSA) is 97.1 Å². The van der Waals surface area contributed by atoms with E-state index in [9.17, 15) is 9.59 Å². The Bertz CT molecular complexity index is 922. The van der Waals surface area contributed by atoms with Crippen LogP contribution >= 0.6 is 0 Å². The number of nitrogens with two attached hydrogens (primary N) is 1. The first-order valence-electron chi connectivity index (χ1n) is 8.62. The lowest BCUT2D eigenvalue weighted by atomic mass is 9.99. The molecule has 0 saturated carbocycles. The Labute approximate surface area is 169 Å². The summed E-state index contributed by atoms with van der Waals surface area (Å²) < 4.78 is 20.8. The van der Waals surface area contributed by atoms with Crippen LogP contribution in [0, 0.1) is 0 Å². The van der Waals surface area contributed by atoms with Crippen molar-refractivity contribution >= 4 is 24.0 Å². The molecule has 2 aromatic carbocycles. The average molecular weight is 397 g/mol. The van der Waals surface area contributed by atoms with E-state index >= 15 is 0 Å². The molecular weight excluding hydrogens is 374 g/mol. The summed E-state index contributed by atoms with van der Waals surface area (Å²) >= 11 is 0. The zero-order valence-electron chi connectivity index (χ0n) is 16.7. The van der Waals surface area contributed by atoms with E-state index < -0.39 is 11.9 Å². The van der Waals surface area contributed by atoms with E-state index in [0.717, 1.165) is 0 Å². The molecule has 0 saturated heterocycles. The first-order valence-corrected chi connectivity index (χ1v) is 8.62. The average Bonchev–Trinajstić information content (AvgIpc) is 2.75. The number of carbonyl (C=O) groups excluding carboxylic acids is 2. The minimum atomic E-state index is -0.766. The smallest absolute Gasteiger partial charge is 0.338 e. The van der Waals surface area contributed by atoms with Crippen molar-refractivity contribution in [3.8, 4) is 17.2 Å². The lowest BCUT2D eigenvalue weighted by molar-refractivity contribution is -0.136. The molecule has 0 spiro atoms. The van der Waals surface area contributed by atoms with Gasteiger partial charge in [-0.2, -0.15) is 0 Å². The minimum Gasteiger partial charge on any atom is -0.493 e. The highest BCUT2D eigenvalue weighted by Gasteiger charge is 2.21. The maximum absolute atomic E-state index is 12.5. The normalized spacial score (nSPS) is 11.6. The molecule has 2 N–H and O–H groups in total. The van der Waals surface area contributed by atoms with Gasteiger partial charge in [0.2, 0.25) is 11.7 Å². The first-order chi connectivity index (χ1) is 13.9. The second-order valence-electron chi connectivity index (χ2n) is 5.84. The molecule has 0 radical (unpaired) electrons. The molecule has 0 aliphatic carbocycles. The van der Waals surface area contributed by atoms with Gasteiger partial charge in [0.15, 0.2) is 11.5 Å². The Morgan fingerprint density at radius 2 is 1.34 bits per heavy atom. The van der Waals surface area contributed by atoms with Crippen LogP contribution in [0.15, 0.2) is 53.6 Å². The lowest BCUT2D eigenvalue weighted by Gasteiger charge is -2.14. The van der Waals surface area contributed by atoms with Gasteiger partial charge in [-0.1, -0.05) is 30.3 Å². The summed E-state index contributed by atoms with van der Waals surface area (Å²) in [7, 11) is 5.68. The number of benzene rings is 2. The second kappa shape index (κ2) is 9.98. The molecule has 0 aromatic heterocycles. The first kappa shape index (κ1) is 21.6. The van der Waals surface area contributed by atoms with Crippen molar-refractivity contribution in [3.63, 3.8) is 0 Å². The van der Waals surface area contributed by atoms with Gasteiger partial charge in [-0.25, -0.2) is 4.79 Å². The molecule has 152 valence electrons. The number of esters is 1. The van der Waals surface area contributed by atoms with E-state index in [-0.39, 0.29) is 11.1 Å². The van der Waals surface area contributed by atoms with Gasteiger partial charge >= 0.3 is 5.97 Å². The fourth-order valence-corrected chi connectivity index (χ4v) is 2.71. The van der Waals surface area contributed by atoms with Gasteiger partial charge in [-0.3, -0.25) is 4.79 Å². The Hall–Kier alpha value is -3.74. The number of methoxy groups -OCH3 is 4. The highest BCUT2D eigenvalue weighted by Crippen LogP contribution is 2.39. The summed E-state index contributed by atoms with van der Waals surface area (Å²) in [6.07, 6.45) is 3.01. The van der Waals surface area contributed by atoms with Gasteiger partial charge in [0.25, 0.3) is 0 Å². The number of primary amides is 1. The fraction of sp³-hybridized carbons (Fsp3) is 0.182. The third-order valence-electron chi connectivity index (χ3n) is 4.07. The van der Waals surface area contributed by atoms with E-state index in [0.29, 0.717) is 28.4 Å². The largest absolute Gasteiger partial charge is 0.493 e. The van der Waals surface area contributed by atoms with Crippen molar-refractivity contribution in [1.82, 2.24) is 0 Å². The lowest BCUT2D eigenvalue weighted by Crippen LogP contribution is -2.20. The minimum absolute atomic E-state index is 0.00174. The Morgan fingerprint density at radius 3 is 1.79 bits per heavy atom. The van der Waals surface area contributed by atoms with E-state index in [1.54, 1.807) is 24.3 Å². The predicted molar refractivity (Wildman–Crippen MR) is 110 cm³/mol. The molecule has 2 aromatic rings. The predicted octanol–water partition coefficient (Wildman–Crippen LogP) is 2.84. The Morgan fingerprint density at radius 1 is 0.793 bits per heavy atom. The molecule has 0 unspecified atom stereocenters. The summed E-state index contributed by atoms with van der Waals surface area (Å²) in [5.74, 6) is -0.274. The van der Waals surface area contributed by atoms with Gasteiger partial charge in [0.05, 0.1) is 39.6 Å². The zero-order chi connectivity index (χ0) is 21.4. The number of amides is 1. The third kappa shape index (κ3) is 5.16. The molecule has 0 aliphatic heterocycles. The maximum Gasteiger partial charge on any atom is 0.338 e. The summed E-state index contributed by atoms with van der Waals surface area (Å²) in [5.41, 5.74) is 6.81. The fourth-order valence-electron chi connectivity index (χ4n) is 2.71. The molecule has 29 heavy (non-hydrogen) atoms. The van der Waals surface area contributed by atoms with E-state index in [4.69, 9.17) is 24.7 Å². The van der Waals surface area contributed by atoms with Crippen molar-refractivity contribution in [3.05, 3.63) is 64.7 Å². The quantitative estimate of drug-likeness (QED) is 0.418. The number of hydrogen-bond acceptors (Lipinski definition) is 6. The van der Waals surface area contributed by atoms with Gasteiger partial charge in [-0.05, 0) is 35.4 Å². The van der Waals surface area contributed by atoms with Crippen LogP contribution in [-0.4, -0.2) is 40.3 Å². The molecule has 0 bridgehead atoms. The van der Waals surface area contributed by atoms with Crippen molar-refractivity contribution in [2.75, 3.05) is 28.4 Å². The number of ether oxygens (including phenoxy) is 4. The van der Waals surface area contributed by atoms with Crippen LogP contribution in [0.3, 0.4) is 0 Å². The van der Waals surface area contributed by atoms with Crippen LogP contribution < -0.4 is 19.9 Å². The highest BCUT2D eigenvalue weighted by atomic mass is 16.5. The van der Waals surface area contributed by atoms with Crippen LogP contribution in [0.2, 0.25) is 0 Å². The number of rotatable bonds is 8. The van der Waals surface area contributed by atoms with E-state index in [1.807, 2.05) is 18.2 Å².